The molecule has 8 nitrogen and oxygen atoms in total. The van der Waals surface area contributed by atoms with Crippen molar-refractivity contribution in [1.29, 1.82) is 0 Å². The van der Waals surface area contributed by atoms with Gasteiger partial charge in [0.2, 0.25) is 10.0 Å². The maximum atomic E-state index is 13.3. The van der Waals surface area contributed by atoms with Crippen LogP contribution in [-0.2, 0) is 20.5 Å². The number of rotatable bonds is 5. The molecule has 2 aromatic rings. The van der Waals surface area contributed by atoms with Crippen molar-refractivity contribution in [2.75, 3.05) is 38.6 Å². The first-order valence-electron chi connectivity index (χ1n) is 11.0. The summed E-state index contributed by atoms with van der Waals surface area (Å²) in [7, 11) is -0.308. The summed E-state index contributed by atoms with van der Waals surface area (Å²) >= 11 is 0. The molecule has 0 saturated carbocycles. The van der Waals surface area contributed by atoms with Gasteiger partial charge in [0.15, 0.2) is 0 Å². The van der Waals surface area contributed by atoms with Gasteiger partial charge in [0.25, 0.3) is 5.91 Å². The SMILES string of the molecule is CO[C@@H]1CN(C)C(=O)c2cc(NS(=O)(=O)Cc3ccccc3)ccc2OC[C@H](C)NC[C@H]1C. The number of nitrogens with one attached hydrogen (secondary N) is 2. The van der Waals surface area contributed by atoms with Crippen molar-refractivity contribution in [2.24, 2.45) is 5.92 Å². The van der Waals surface area contributed by atoms with Crippen LogP contribution in [0.1, 0.15) is 29.8 Å². The highest BCUT2D eigenvalue weighted by Gasteiger charge is 2.26. The molecular formula is C24H33N3O5S. The molecule has 0 bridgehead atoms. The number of methoxy groups -OCH3 is 1. The van der Waals surface area contributed by atoms with Crippen LogP contribution in [0.15, 0.2) is 48.5 Å². The van der Waals surface area contributed by atoms with Gasteiger partial charge in [-0.2, -0.15) is 0 Å². The van der Waals surface area contributed by atoms with Crippen LogP contribution in [0.3, 0.4) is 0 Å². The summed E-state index contributed by atoms with van der Waals surface area (Å²) in [6, 6.07) is 13.8. The second-order valence-corrected chi connectivity index (χ2v) is 10.3. The van der Waals surface area contributed by atoms with Gasteiger partial charge in [-0.3, -0.25) is 9.52 Å². The van der Waals surface area contributed by atoms with Crippen molar-refractivity contribution in [1.82, 2.24) is 10.2 Å². The number of amides is 1. The molecule has 1 heterocycles. The second-order valence-electron chi connectivity index (χ2n) is 8.62. The van der Waals surface area contributed by atoms with Crippen LogP contribution < -0.4 is 14.8 Å². The Morgan fingerprint density at radius 3 is 2.61 bits per heavy atom. The lowest BCUT2D eigenvalue weighted by molar-refractivity contribution is 0.0281. The van der Waals surface area contributed by atoms with E-state index in [-0.39, 0.29) is 29.7 Å². The first-order chi connectivity index (χ1) is 15.7. The van der Waals surface area contributed by atoms with Crippen LogP contribution in [-0.4, -0.2) is 65.2 Å². The lowest BCUT2D eigenvalue weighted by atomic mass is 10.0. The third kappa shape index (κ3) is 6.93. The zero-order valence-corrected chi connectivity index (χ0v) is 20.4. The van der Waals surface area contributed by atoms with Gasteiger partial charge in [-0.15, -0.1) is 0 Å². The summed E-state index contributed by atoms with van der Waals surface area (Å²) in [6.45, 7) is 5.59. The minimum Gasteiger partial charge on any atom is -0.491 e. The number of sulfonamides is 1. The molecule has 0 saturated heterocycles. The molecule has 3 rings (SSSR count). The molecule has 0 radical (unpaired) electrons. The summed E-state index contributed by atoms with van der Waals surface area (Å²) in [5.41, 5.74) is 1.29. The number of hydrogen-bond donors (Lipinski definition) is 2. The number of carbonyl (C=O) groups is 1. The van der Waals surface area contributed by atoms with E-state index in [1.807, 2.05) is 13.0 Å². The Hall–Kier alpha value is -2.62. The van der Waals surface area contributed by atoms with Crippen LogP contribution in [0.5, 0.6) is 5.75 Å². The number of hydrogen-bond acceptors (Lipinski definition) is 6. The van der Waals surface area contributed by atoms with Gasteiger partial charge in [0, 0.05) is 39.0 Å². The van der Waals surface area contributed by atoms with Crippen molar-refractivity contribution in [3.05, 3.63) is 59.7 Å². The lowest BCUT2D eigenvalue weighted by Gasteiger charge is -2.30. The molecule has 0 fully saturated rings. The van der Waals surface area contributed by atoms with Gasteiger partial charge in [0.1, 0.15) is 12.4 Å². The largest absolute Gasteiger partial charge is 0.491 e. The van der Waals surface area contributed by atoms with Gasteiger partial charge in [0.05, 0.1) is 17.4 Å². The van der Waals surface area contributed by atoms with E-state index in [2.05, 4.69) is 17.0 Å². The summed E-state index contributed by atoms with van der Waals surface area (Å²) < 4.78 is 39.5. The Morgan fingerprint density at radius 1 is 1.18 bits per heavy atom. The second kappa shape index (κ2) is 11.0. The number of likely N-dealkylation sites (N-methyl/N-ethyl adjacent to an activating group) is 1. The predicted molar refractivity (Wildman–Crippen MR) is 129 cm³/mol. The maximum absolute atomic E-state index is 13.3. The fourth-order valence-electron chi connectivity index (χ4n) is 3.73. The highest BCUT2D eigenvalue weighted by atomic mass is 32.2. The summed E-state index contributed by atoms with van der Waals surface area (Å²) in [4.78, 5) is 14.9. The molecule has 0 aliphatic carbocycles. The first-order valence-corrected chi connectivity index (χ1v) is 12.7. The van der Waals surface area contributed by atoms with Crippen molar-refractivity contribution in [3.63, 3.8) is 0 Å². The topological polar surface area (TPSA) is 97.0 Å². The van der Waals surface area contributed by atoms with Crippen LogP contribution in [0.2, 0.25) is 0 Å². The minimum atomic E-state index is -3.66. The fraction of sp³-hybridized carbons (Fsp3) is 0.458. The summed E-state index contributed by atoms with van der Waals surface area (Å²) in [6.07, 6.45) is -0.144. The van der Waals surface area contributed by atoms with Gasteiger partial charge in [-0.1, -0.05) is 37.3 Å². The quantitative estimate of drug-likeness (QED) is 0.690. The van der Waals surface area contributed by atoms with E-state index in [1.54, 1.807) is 55.5 Å². The molecule has 33 heavy (non-hydrogen) atoms. The predicted octanol–water partition coefficient (Wildman–Crippen LogP) is 2.72. The molecule has 9 heteroatoms. The van der Waals surface area contributed by atoms with Gasteiger partial charge in [-0.25, -0.2) is 8.42 Å². The number of fused-ring (bicyclic) bond motifs is 1. The van der Waals surface area contributed by atoms with Crippen molar-refractivity contribution in [2.45, 2.75) is 31.7 Å². The van der Waals surface area contributed by atoms with Crippen LogP contribution in [0, 0.1) is 5.92 Å². The average molecular weight is 476 g/mol. The highest BCUT2D eigenvalue weighted by Crippen LogP contribution is 2.26. The Morgan fingerprint density at radius 2 is 1.91 bits per heavy atom. The van der Waals surface area contributed by atoms with Gasteiger partial charge in [-0.05, 0) is 36.6 Å². The van der Waals surface area contributed by atoms with E-state index in [1.165, 1.54) is 6.07 Å². The number of carbonyl (C=O) groups excluding carboxylic acids is 1. The molecule has 2 N–H and O–H groups in total. The molecule has 0 spiro atoms. The third-order valence-corrected chi connectivity index (χ3v) is 6.96. The molecule has 1 amide bonds. The fourth-order valence-corrected chi connectivity index (χ4v) is 4.92. The molecule has 0 aromatic heterocycles. The molecule has 180 valence electrons. The van der Waals surface area contributed by atoms with E-state index in [0.29, 0.717) is 35.7 Å². The van der Waals surface area contributed by atoms with Crippen LogP contribution in [0.25, 0.3) is 0 Å². The monoisotopic (exact) mass is 475 g/mol. The van der Waals surface area contributed by atoms with E-state index >= 15 is 0 Å². The van der Waals surface area contributed by atoms with E-state index in [9.17, 15) is 13.2 Å². The zero-order chi connectivity index (χ0) is 24.0. The lowest BCUT2D eigenvalue weighted by Crippen LogP contribution is -2.44. The van der Waals surface area contributed by atoms with Crippen molar-refractivity contribution in [3.8, 4) is 5.75 Å². The Labute approximate surface area is 196 Å². The van der Waals surface area contributed by atoms with Crippen LogP contribution in [0.4, 0.5) is 5.69 Å². The van der Waals surface area contributed by atoms with E-state index in [4.69, 9.17) is 9.47 Å². The number of anilines is 1. The molecule has 0 unspecified atom stereocenters. The molecule has 1 aliphatic heterocycles. The maximum Gasteiger partial charge on any atom is 0.257 e. The Kier molecular flexibility index (Phi) is 8.34. The number of ether oxygens (including phenoxy) is 2. The standard InChI is InChI=1S/C24H33N3O5S/c1-17-13-25-18(2)15-32-22-11-10-20(12-21(22)24(28)27(3)14-23(17)31-4)26-33(29,30)16-19-8-6-5-7-9-19/h5-12,17-18,23,25-26H,13-16H2,1-4H3/t17-,18+,23-/m1/s1. The van der Waals surface area contributed by atoms with Gasteiger partial charge < -0.3 is 19.7 Å². The van der Waals surface area contributed by atoms with E-state index in [0.717, 1.165) is 6.54 Å². The third-order valence-electron chi connectivity index (χ3n) is 5.70. The number of nitrogens with zero attached hydrogens (tertiary/aromatic N) is 1. The highest BCUT2D eigenvalue weighted by molar-refractivity contribution is 7.91. The summed E-state index contributed by atoms with van der Waals surface area (Å²) in [5.74, 6) is 0.174. The van der Waals surface area contributed by atoms with Crippen LogP contribution >= 0.6 is 0 Å². The van der Waals surface area contributed by atoms with E-state index < -0.39 is 10.0 Å². The minimum absolute atomic E-state index is 0.0640. The normalized spacial score (nSPS) is 22.5. The Balaban J connectivity index is 1.88. The smallest absolute Gasteiger partial charge is 0.257 e. The molecule has 3 atom stereocenters. The van der Waals surface area contributed by atoms with Crippen molar-refractivity contribution < 1.29 is 22.7 Å². The Bertz CT molecular complexity index is 1050. The summed E-state index contributed by atoms with van der Waals surface area (Å²) in [5, 5.41) is 3.44. The molecule has 1 aliphatic rings. The molecule has 2 aromatic carbocycles. The first kappa shape index (κ1) is 25.0. The number of benzene rings is 2. The average Bonchev–Trinajstić information content (AvgIpc) is 2.78. The zero-order valence-electron chi connectivity index (χ0n) is 19.6. The van der Waals surface area contributed by atoms with Gasteiger partial charge >= 0.3 is 0 Å². The van der Waals surface area contributed by atoms with Crippen molar-refractivity contribution >= 4 is 21.6 Å². The molecular weight excluding hydrogens is 442 g/mol.